The Balaban J connectivity index is 1.92. The molecular formula is C15H22N2O2. The summed E-state index contributed by atoms with van der Waals surface area (Å²) < 4.78 is 4.78. The molecule has 1 saturated heterocycles. The quantitative estimate of drug-likeness (QED) is 0.906. The van der Waals surface area contributed by atoms with Crippen LogP contribution in [0.15, 0.2) is 24.3 Å². The molecule has 4 heteroatoms. The maximum Gasteiger partial charge on any atom is 0.250 e. The van der Waals surface area contributed by atoms with Gasteiger partial charge in [0.15, 0.2) is 0 Å². The molecule has 2 rings (SSSR count). The highest BCUT2D eigenvalue weighted by Gasteiger charge is 2.15. The number of rotatable bonds is 4. The van der Waals surface area contributed by atoms with Gasteiger partial charge in [-0.25, -0.2) is 0 Å². The largest absolute Gasteiger partial charge is 0.375 e. The number of anilines is 2. The number of piperidine rings is 1. The minimum absolute atomic E-state index is 0.0891. The molecule has 0 radical (unpaired) electrons. The number of nitrogens with zero attached hydrogens (tertiary/aromatic N) is 1. The Morgan fingerprint density at radius 2 is 1.95 bits per heavy atom. The van der Waals surface area contributed by atoms with Crippen LogP contribution in [0.5, 0.6) is 0 Å². The molecule has 1 aromatic carbocycles. The van der Waals surface area contributed by atoms with Crippen LogP contribution in [0.3, 0.4) is 0 Å². The Bertz CT molecular complexity index is 409. The van der Waals surface area contributed by atoms with Crippen LogP contribution in [0.25, 0.3) is 0 Å². The Hall–Kier alpha value is -1.55. The monoisotopic (exact) mass is 262 g/mol. The highest BCUT2D eigenvalue weighted by molar-refractivity contribution is 5.91. The minimum atomic E-state index is -0.123. The molecule has 0 aromatic heterocycles. The number of methoxy groups -OCH3 is 1. The van der Waals surface area contributed by atoms with Gasteiger partial charge in [0.2, 0.25) is 5.91 Å². The molecule has 0 atom stereocenters. The van der Waals surface area contributed by atoms with Gasteiger partial charge in [0, 0.05) is 31.6 Å². The molecular weight excluding hydrogens is 240 g/mol. The van der Waals surface area contributed by atoms with Crippen LogP contribution >= 0.6 is 0 Å². The lowest BCUT2D eigenvalue weighted by Crippen LogP contribution is -2.32. The summed E-state index contributed by atoms with van der Waals surface area (Å²) in [6.45, 7) is 4.64. The first-order valence-electron chi connectivity index (χ1n) is 6.83. The van der Waals surface area contributed by atoms with Crippen LogP contribution in [0, 0.1) is 5.92 Å². The van der Waals surface area contributed by atoms with Crippen LogP contribution in [0.1, 0.15) is 19.8 Å². The smallest absolute Gasteiger partial charge is 0.250 e. The van der Waals surface area contributed by atoms with E-state index in [1.165, 1.54) is 25.6 Å². The van der Waals surface area contributed by atoms with E-state index < -0.39 is 0 Å². The van der Waals surface area contributed by atoms with Gasteiger partial charge in [-0.2, -0.15) is 0 Å². The Morgan fingerprint density at radius 1 is 1.32 bits per heavy atom. The molecule has 0 spiro atoms. The zero-order chi connectivity index (χ0) is 13.7. The van der Waals surface area contributed by atoms with E-state index in [2.05, 4.69) is 29.3 Å². The van der Waals surface area contributed by atoms with Crippen molar-refractivity contribution < 1.29 is 9.53 Å². The van der Waals surface area contributed by atoms with Crippen molar-refractivity contribution >= 4 is 17.3 Å². The van der Waals surface area contributed by atoms with Crippen molar-refractivity contribution in [3.63, 3.8) is 0 Å². The fourth-order valence-electron chi connectivity index (χ4n) is 2.35. The van der Waals surface area contributed by atoms with Gasteiger partial charge in [-0.1, -0.05) is 6.92 Å². The van der Waals surface area contributed by atoms with E-state index in [-0.39, 0.29) is 12.5 Å². The number of amides is 1. The van der Waals surface area contributed by atoms with Crippen molar-refractivity contribution in [1.29, 1.82) is 0 Å². The third-order valence-electron chi connectivity index (χ3n) is 3.58. The van der Waals surface area contributed by atoms with Gasteiger partial charge in [-0.15, -0.1) is 0 Å². The summed E-state index contributed by atoms with van der Waals surface area (Å²) in [4.78, 5) is 13.8. The van der Waals surface area contributed by atoms with Crippen LogP contribution < -0.4 is 10.2 Å². The average Bonchev–Trinajstić information content (AvgIpc) is 2.41. The number of nitrogens with one attached hydrogen (secondary N) is 1. The summed E-state index contributed by atoms with van der Waals surface area (Å²) in [5.74, 6) is 0.714. The number of hydrogen-bond acceptors (Lipinski definition) is 3. The van der Waals surface area contributed by atoms with Gasteiger partial charge in [0.25, 0.3) is 0 Å². The van der Waals surface area contributed by atoms with Gasteiger partial charge < -0.3 is 15.0 Å². The maximum absolute atomic E-state index is 11.4. The minimum Gasteiger partial charge on any atom is -0.375 e. The first kappa shape index (κ1) is 13.9. The van der Waals surface area contributed by atoms with Crippen molar-refractivity contribution in [1.82, 2.24) is 0 Å². The molecule has 0 saturated carbocycles. The van der Waals surface area contributed by atoms with Gasteiger partial charge in [-0.05, 0) is 43.0 Å². The fraction of sp³-hybridized carbons (Fsp3) is 0.533. The normalized spacial score (nSPS) is 16.4. The van der Waals surface area contributed by atoms with E-state index in [4.69, 9.17) is 4.74 Å². The molecule has 0 aliphatic carbocycles. The SMILES string of the molecule is COCC(=O)Nc1ccc(N2CCC(C)CC2)cc1. The summed E-state index contributed by atoms with van der Waals surface area (Å²) in [5, 5.41) is 2.80. The summed E-state index contributed by atoms with van der Waals surface area (Å²) in [7, 11) is 1.51. The van der Waals surface area contributed by atoms with Crippen LogP contribution in [0.2, 0.25) is 0 Å². The molecule has 1 N–H and O–H groups in total. The predicted molar refractivity (Wildman–Crippen MR) is 77.6 cm³/mol. The van der Waals surface area contributed by atoms with Gasteiger partial charge in [0.05, 0.1) is 0 Å². The van der Waals surface area contributed by atoms with E-state index in [0.29, 0.717) is 0 Å². The van der Waals surface area contributed by atoms with E-state index in [9.17, 15) is 4.79 Å². The van der Waals surface area contributed by atoms with Crippen molar-refractivity contribution in [2.45, 2.75) is 19.8 Å². The molecule has 1 aromatic rings. The van der Waals surface area contributed by atoms with Gasteiger partial charge in [0.1, 0.15) is 6.61 Å². The molecule has 1 aliphatic rings. The van der Waals surface area contributed by atoms with Crippen LogP contribution in [0.4, 0.5) is 11.4 Å². The molecule has 1 amide bonds. The number of ether oxygens (including phenoxy) is 1. The highest BCUT2D eigenvalue weighted by Crippen LogP contribution is 2.24. The predicted octanol–water partition coefficient (Wildman–Crippen LogP) is 2.51. The topological polar surface area (TPSA) is 41.6 Å². The van der Waals surface area contributed by atoms with E-state index in [0.717, 1.165) is 24.7 Å². The second-order valence-corrected chi connectivity index (χ2v) is 5.20. The Morgan fingerprint density at radius 3 is 2.53 bits per heavy atom. The molecule has 0 bridgehead atoms. The number of hydrogen-bond donors (Lipinski definition) is 1. The lowest BCUT2D eigenvalue weighted by molar-refractivity contribution is -0.119. The van der Waals surface area contributed by atoms with E-state index in [1.807, 2.05) is 12.1 Å². The summed E-state index contributed by atoms with van der Waals surface area (Å²) in [5.41, 5.74) is 2.05. The van der Waals surface area contributed by atoms with Gasteiger partial charge in [-0.3, -0.25) is 4.79 Å². The molecule has 104 valence electrons. The molecule has 1 aliphatic heterocycles. The first-order chi connectivity index (χ1) is 9.19. The zero-order valence-corrected chi connectivity index (χ0v) is 11.7. The zero-order valence-electron chi connectivity index (χ0n) is 11.7. The molecule has 1 fully saturated rings. The third kappa shape index (κ3) is 3.96. The van der Waals surface area contributed by atoms with Crippen molar-refractivity contribution in [2.24, 2.45) is 5.92 Å². The average molecular weight is 262 g/mol. The summed E-state index contributed by atoms with van der Waals surface area (Å²) in [6, 6.07) is 8.03. The number of benzene rings is 1. The fourth-order valence-corrected chi connectivity index (χ4v) is 2.35. The van der Waals surface area contributed by atoms with Crippen LogP contribution in [-0.4, -0.2) is 32.7 Å². The summed E-state index contributed by atoms with van der Waals surface area (Å²) >= 11 is 0. The molecule has 0 unspecified atom stereocenters. The van der Waals surface area contributed by atoms with E-state index >= 15 is 0 Å². The van der Waals surface area contributed by atoms with Crippen LogP contribution in [-0.2, 0) is 9.53 Å². The highest BCUT2D eigenvalue weighted by atomic mass is 16.5. The Labute approximate surface area is 114 Å². The molecule has 19 heavy (non-hydrogen) atoms. The first-order valence-corrected chi connectivity index (χ1v) is 6.83. The van der Waals surface area contributed by atoms with Crippen molar-refractivity contribution in [3.05, 3.63) is 24.3 Å². The number of carbonyl (C=O) groups is 1. The lowest BCUT2D eigenvalue weighted by atomic mass is 9.99. The second kappa shape index (κ2) is 6.57. The standard InChI is InChI=1S/C15H22N2O2/c1-12-7-9-17(10-8-12)14-5-3-13(4-6-14)16-15(18)11-19-2/h3-6,12H,7-11H2,1-2H3,(H,16,18). The number of carbonyl (C=O) groups excluding carboxylic acids is 1. The van der Waals surface area contributed by atoms with Gasteiger partial charge >= 0.3 is 0 Å². The lowest BCUT2D eigenvalue weighted by Gasteiger charge is -2.32. The second-order valence-electron chi connectivity index (χ2n) is 5.20. The van der Waals surface area contributed by atoms with E-state index in [1.54, 1.807) is 0 Å². The third-order valence-corrected chi connectivity index (χ3v) is 3.58. The summed E-state index contributed by atoms with van der Waals surface area (Å²) in [6.07, 6.45) is 2.51. The molecule has 1 heterocycles. The Kier molecular flexibility index (Phi) is 4.80. The maximum atomic E-state index is 11.4. The molecule has 4 nitrogen and oxygen atoms in total. The van der Waals surface area contributed by atoms with Crippen molar-refractivity contribution in [3.8, 4) is 0 Å². The van der Waals surface area contributed by atoms with Crippen molar-refractivity contribution in [2.75, 3.05) is 37.0 Å².